The van der Waals surface area contributed by atoms with Gasteiger partial charge in [0.1, 0.15) is 0 Å². The van der Waals surface area contributed by atoms with E-state index in [2.05, 4.69) is 4.40 Å². The van der Waals surface area contributed by atoms with Gasteiger partial charge >= 0.3 is 0 Å². The lowest BCUT2D eigenvalue weighted by Gasteiger charge is -2.17. The highest BCUT2D eigenvalue weighted by Gasteiger charge is 2.20. The van der Waals surface area contributed by atoms with Gasteiger partial charge in [-0.05, 0) is 48.9 Å². The van der Waals surface area contributed by atoms with E-state index in [1.807, 2.05) is 30.3 Å². The molecule has 0 amide bonds. The largest absolute Gasteiger partial charge is 0.282 e. The molecule has 0 saturated carbocycles. The summed E-state index contributed by atoms with van der Waals surface area (Å²) in [5.74, 6) is 0. The molecular formula is C17H17NO2S. The fraction of sp³-hybridized carbons (Fsp3) is 0.235. The Morgan fingerprint density at radius 2 is 1.67 bits per heavy atom. The molecule has 1 aliphatic rings. The predicted molar refractivity (Wildman–Crippen MR) is 84.3 cm³/mol. The summed E-state index contributed by atoms with van der Waals surface area (Å²) in [6, 6.07) is 14.9. The van der Waals surface area contributed by atoms with Crippen molar-refractivity contribution in [1.29, 1.82) is 0 Å². The fourth-order valence-electron chi connectivity index (χ4n) is 2.74. The van der Waals surface area contributed by atoms with E-state index in [1.165, 1.54) is 5.56 Å². The van der Waals surface area contributed by atoms with Crippen molar-refractivity contribution in [2.24, 2.45) is 4.40 Å². The molecule has 0 N–H and O–H groups in total. The van der Waals surface area contributed by atoms with Gasteiger partial charge in [-0.25, -0.2) is 0 Å². The van der Waals surface area contributed by atoms with Gasteiger partial charge in [0, 0.05) is 0 Å². The van der Waals surface area contributed by atoms with Crippen molar-refractivity contribution in [2.45, 2.75) is 31.1 Å². The first-order chi connectivity index (χ1) is 10.1. The summed E-state index contributed by atoms with van der Waals surface area (Å²) >= 11 is 0. The molecule has 0 heterocycles. The number of benzene rings is 2. The molecule has 0 fully saturated rings. The van der Waals surface area contributed by atoms with Crippen molar-refractivity contribution >= 4 is 15.7 Å². The van der Waals surface area contributed by atoms with Crippen LogP contribution in [0, 0.1) is 6.92 Å². The van der Waals surface area contributed by atoms with E-state index in [0.29, 0.717) is 17.0 Å². The number of nitrogens with zero attached hydrogens (tertiary/aromatic N) is 1. The van der Waals surface area contributed by atoms with Gasteiger partial charge in [-0.3, -0.25) is 0 Å². The van der Waals surface area contributed by atoms with Gasteiger partial charge in [0.15, 0.2) is 0 Å². The van der Waals surface area contributed by atoms with Crippen LogP contribution in [-0.4, -0.2) is 14.1 Å². The van der Waals surface area contributed by atoms with Crippen molar-refractivity contribution in [3.63, 3.8) is 0 Å². The number of fused-ring (bicyclic) bond motifs is 1. The summed E-state index contributed by atoms with van der Waals surface area (Å²) in [6.45, 7) is 1.79. The minimum absolute atomic E-state index is 0.292. The Labute approximate surface area is 125 Å². The smallest absolute Gasteiger partial charge is 0.199 e. The molecule has 3 nitrogen and oxygen atoms in total. The van der Waals surface area contributed by atoms with Gasteiger partial charge in [0.2, 0.25) is 0 Å². The molecule has 4 heteroatoms. The molecule has 0 aliphatic heterocycles. The normalized spacial score (nSPS) is 16.7. The van der Waals surface area contributed by atoms with E-state index in [1.54, 1.807) is 25.1 Å². The minimum Gasteiger partial charge on any atom is -0.199 e. The van der Waals surface area contributed by atoms with Crippen molar-refractivity contribution in [1.82, 2.24) is 0 Å². The standard InChI is InChI=1S/C17H17NO2S/c1-13-7-2-5-12-17(13)21(19,20)18-16-11-6-9-14-8-3-4-10-15(14)16/h2-5,7-8,10,12H,6,9,11H2,1H3. The highest BCUT2D eigenvalue weighted by molar-refractivity contribution is 7.90. The van der Waals surface area contributed by atoms with E-state index < -0.39 is 10.0 Å². The van der Waals surface area contributed by atoms with Gasteiger partial charge in [-0.1, -0.05) is 42.5 Å². The number of sulfonamides is 1. The second-order valence-electron chi connectivity index (χ2n) is 5.29. The van der Waals surface area contributed by atoms with E-state index in [0.717, 1.165) is 24.0 Å². The Morgan fingerprint density at radius 1 is 0.952 bits per heavy atom. The molecule has 3 rings (SSSR count). The van der Waals surface area contributed by atoms with E-state index >= 15 is 0 Å². The molecule has 0 unspecified atom stereocenters. The van der Waals surface area contributed by atoms with Gasteiger partial charge in [0.25, 0.3) is 10.0 Å². The molecule has 0 spiro atoms. The second kappa shape index (κ2) is 5.45. The Kier molecular flexibility index (Phi) is 3.64. The average Bonchev–Trinajstić information content (AvgIpc) is 2.47. The lowest BCUT2D eigenvalue weighted by atomic mass is 9.90. The molecule has 21 heavy (non-hydrogen) atoms. The van der Waals surface area contributed by atoms with Crippen LogP contribution < -0.4 is 0 Å². The molecule has 1 aliphatic carbocycles. The van der Waals surface area contributed by atoms with Crippen molar-refractivity contribution in [2.75, 3.05) is 0 Å². The molecule has 0 atom stereocenters. The van der Waals surface area contributed by atoms with Crippen LogP contribution in [0.3, 0.4) is 0 Å². The minimum atomic E-state index is -3.65. The summed E-state index contributed by atoms with van der Waals surface area (Å²) in [6.07, 6.45) is 2.64. The summed E-state index contributed by atoms with van der Waals surface area (Å²) < 4.78 is 29.2. The first-order valence-electron chi connectivity index (χ1n) is 7.06. The zero-order valence-corrected chi connectivity index (χ0v) is 12.7. The van der Waals surface area contributed by atoms with Crippen LogP contribution in [0.1, 0.15) is 29.5 Å². The highest BCUT2D eigenvalue weighted by atomic mass is 32.2. The Balaban J connectivity index is 2.09. The molecule has 0 aromatic heterocycles. The number of hydrogen-bond donors (Lipinski definition) is 0. The SMILES string of the molecule is Cc1ccccc1S(=O)(=O)N=C1CCCc2ccccc21. The van der Waals surface area contributed by atoms with Gasteiger partial charge in [-0.15, -0.1) is 0 Å². The first-order valence-corrected chi connectivity index (χ1v) is 8.50. The average molecular weight is 299 g/mol. The molecule has 0 radical (unpaired) electrons. The monoisotopic (exact) mass is 299 g/mol. The zero-order chi connectivity index (χ0) is 14.9. The maximum Gasteiger partial charge on any atom is 0.282 e. The zero-order valence-electron chi connectivity index (χ0n) is 11.9. The quantitative estimate of drug-likeness (QED) is 0.852. The van der Waals surface area contributed by atoms with E-state index in [4.69, 9.17) is 0 Å². The third-order valence-corrected chi connectivity index (χ3v) is 5.26. The van der Waals surface area contributed by atoms with E-state index in [-0.39, 0.29) is 0 Å². The third-order valence-electron chi connectivity index (χ3n) is 3.79. The summed E-state index contributed by atoms with van der Waals surface area (Å²) in [5, 5.41) is 0. The lowest BCUT2D eigenvalue weighted by molar-refractivity contribution is 0.597. The summed E-state index contributed by atoms with van der Waals surface area (Å²) in [5.41, 5.74) is 3.56. The third kappa shape index (κ3) is 2.76. The van der Waals surface area contributed by atoms with Crippen LogP contribution in [0.25, 0.3) is 0 Å². The molecule has 108 valence electrons. The van der Waals surface area contributed by atoms with E-state index in [9.17, 15) is 8.42 Å². The fourth-order valence-corrected chi connectivity index (χ4v) is 4.04. The maximum absolute atomic E-state index is 12.5. The molecule has 0 saturated heterocycles. The number of hydrogen-bond acceptors (Lipinski definition) is 2. The Morgan fingerprint density at radius 3 is 2.48 bits per heavy atom. The molecule has 0 bridgehead atoms. The van der Waals surface area contributed by atoms with Crippen LogP contribution in [0.15, 0.2) is 57.8 Å². The van der Waals surface area contributed by atoms with Crippen LogP contribution >= 0.6 is 0 Å². The summed E-state index contributed by atoms with van der Waals surface area (Å²) in [7, 11) is -3.65. The first kappa shape index (κ1) is 14.0. The number of aryl methyl sites for hydroxylation is 2. The van der Waals surface area contributed by atoms with Crippen LogP contribution in [0.2, 0.25) is 0 Å². The molecular weight excluding hydrogens is 282 g/mol. The maximum atomic E-state index is 12.5. The number of rotatable bonds is 2. The van der Waals surface area contributed by atoms with Crippen LogP contribution in [0.5, 0.6) is 0 Å². The highest BCUT2D eigenvalue weighted by Crippen LogP contribution is 2.24. The van der Waals surface area contributed by atoms with Crippen molar-refractivity contribution in [3.05, 3.63) is 65.2 Å². The lowest BCUT2D eigenvalue weighted by Crippen LogP contribution is -2.14. The van der Waals surface area contributed by atoms with Crippen molar-refractivity contribution < 1.29 is 8.42 Å². The van der Waals surface area contributed by atoms with Gasteiger partial charge < -0.3 is 0 Å². The molecule has 2 aromatic rings. The van der Waals surface area contributed by atoms with Gasteiger partial charge in [0.05, 0.1) is 10.6 Å². The summed E-state index contributed by atoms with van der Waals surface area (Å²) in [4.78, 5) is 0.292. The van der Waals surface area contributed by atoms with Crippen molar-refractivity contribution in [3.8, 4) is 0 Å². The topological polar surface area (TPSA) is 46.5 Å². The van der Waals surface area contributed by atoms with Gasteiger partial charge in [-0.2, -0.15) is 12.8 Å². The Bertz CT molecular complexity index is 807. The second-order valence-corrected chi connectivity index (χ2v) is 6.86. The van der Waals surface area contributed by atoms with Crippen LogP contribution in [0.4, 0.5) is 0 Å². The predicted octanol–water partition coefficient (Wildman–Crippen LogP) is 3.51. The molecule has 2 aromatic carbocycles. The van der Waals surface area contributed by atoms with Crippen LogP contribution in [-0.2, 0) is 16.4 Å². The Hall–Kier alpha value is -1.94.